The van der Waals surface area contributed by atoms with Gasteiger partial charge in [0.1, 0.15) is 15.8 Å². The van der Waals surface area contributed by atoms with Crippen molar-refractivity contribution < 1.29 is 9.18 Å². The summed E-state index contributed by atoms with van der Waals surface area (Å²) in [6.07, 6.45) is 2.09. The second-order valence-electron chi connectivity index (χ2n) is 6.04. The lowest BCUT2D eigenvalue weighted by Gasteiger charge is -2.16. The van der Waals surface area contributed by atoms with Crippen LogP contribution in [0.1, 0.15) is 15.2 Å². The zero-order valence-electron chi connectivity index (χ0n) is 14.4. The van der Waals surface area contributed by atoms with Gasteiger partial charge in [-0.15, -0.1) is 11.3 Å². The number of rotatable bonds is 6. The minimum Gasteiger partial charge on any atom is -0.347 e. The molecule has 0 radical (unpaired) electrons. The van der Waals surface area contributed by atoms with E-state index in [9.17, 15) is 9.18 Å². The first-order valence-electron chi connectivity index (χ1n) is 8.11. The van der Waals surface area contributed by atoms with Gasteiger partial charge in [-0.1, -0.05) is 35.3 Å². The number of aryl methyl sites for hydroxylation is 1. The molecule has 0 bridgehead atoms. The van der Waals surface area contributed by atoms with Gasteiger partial charge in [-0.25, -0.2) is 4.39 Å². The quantitative estimate of drug-likeness (QED) is 0.627. The number of benzene rings is 1. The van der Waals surface area contributed by atoms with Crippen molar-refractivity contribution in [3.63, 3.8) is 0 Å². The van der Waals surface area contributed by atoms with E-state index in [0.29, 0.717) is 31.9 Å². The molecule has 2 aromatic heterocycles. The summed E-state index contributed by atoms with van der Waals surface area (Å²) in [6, 6.07) is 7.55. The van der Waals surface area contributed by atoms with Gasteiger partial charge in [-0.2, -0.15) is 5.10 Å². The zero-order valence-corrected chi connectivity index (χ0v) is 16.7. The lowest BCUT2D eigenvalue weighted by atomic mass is 10.1. The molecule has 0 fully saturated rings. The second-order valence-corrected chi connectivity index (χ2v) is 8.10. The zero-order chi connectivity index (χ0) is 19.6. The predicted molar refractivity (Wildman–Crippen MR) is 107 cm³/mol. The number of amides is 1. The Bertz CT molecular complexity index is 972. The summed E-state index contributed by atoms with van der Waals surface area (Å²) in [4.78, 5) is 13.0. The molecule has 0 saturated heterocycles. The minimum absolute atomic E-state index is 0.223. The van der Waals surface area contributed by atoms with Gasteiger partial charge in [0, 0.05) is 31.4 Å². The predicted octanol–water partition coefficient (Wildman–Crippen LogP) is 3.89. The maximum Gasteiger partial charge on any atom is 0.261 e. The van der Waals surface area contributed by atoms with E-state index < -0.39 is 0 Å². The van der Waals surface area contributed by atoms with Gasteiger partial charge in [0.25, 0.3) is 5.91 Å². The molecule has 0 aliphatic rings. The SMILES string of the molecule is Cn1cc(Cl)c(-c2cc(C(=O)N[C@H](CN)Cc3cccc(F)c3)sc2Cl)n1. The lowest BCUT2D eigenvalue weighted by molar-refractivity contribution is 0.0942. The van der Waals surface area contributed by atoms with Crippen LogP contribution in [-0.4, -0.2) is 28.3 Å². The number of nitrogens with zero attached hydrogens (tertiary/aromatic N) is 2. The van der Waals surface area contributed by atoms with Crippen LogP contribution in [0.5, 0.6) is 0 Å². The molecule has 1 aromatic carbocycles. The largest absolute Gasteiger partial charge is 0.347 e. The van der Waals surface area contributed by atoms with Crippen LogP contribution < -0.4 is 11.1 Å². The molecule has 5 nitrogen and oxygen atoms in total. The van der Waals surface area contributed by atoms with E-state index >= 15 is 0 Å². The number of hydrogen-bond acceptors (Lipinski definition) is 4. The minimum atomic E-state index is -0.331. The van der Waals surface area contributed by atoms with Crippen molar-refractivity contribution in [1.29, 1.82) is 0 Å². The highest BCUT2D eigenvalue weighted by Gasteiger charge is 2.20. The smallest absolute Gasteiger partial charge is 0.261 e. The van der Waals surface area contributed by atoms with E-state index in [4.69, 9.17) is 28.9 Å². The fourth-order valence-electron chi connectivity index (χ4n) is 2.68. The molecule has 3 aromatic rings. The van der Waals surface area contributed by atoms with Crippen LogP contribution in [0, 0.1) is 5.82 Å². The highest BCUT2D eigenvalue weighted by Crippen LogP contribution is 2.38. The third-order valence-electron chi connectivity index (χ3n) is 3.94. The first kappa shape index (κ1) is 19.8. The summed E-state index contributed by atoms with van der Waals surface area (Å²) >= 11 is 13.6. The van der Waals surface area contributed by atoms with Gasteiger partial charge in [0.05, 0.1) is 9.90 Å². The van der Waals surface area contributed by atoms with Crippen LogP contribution in [-0.2, 0) is 13.5 Å². The van der Waals surface area contributed by atoms with E-state index in [1.54, 1.807) is 36.1 Å². The van der Waals surface area contributed by atoms with Crippen molar-refractivity contribution in [3.05, 3.63) is 62.1 Å². The summed E-state index contributed by atoms with van der Waals surface area (Å²) < 4.78 is 15.3. The molecule has 2 heterocycles. The third kappa shape index (κ3) is 4.68. The monoisotopic (exact) mass is 426 g/mol. The molecule has 142 valence electrons. The number of hydrogen-bond donors (Lipinski definition) is 2. The number of nitrogens with two attached hydrogens (primary N) is 1. The summed E-state index contributed by atoms with van der Waals surface area (Å²) in [5.74, 6) is -0.622. The fourth-order valence-corrected chi connectivity index (χ4v) is 4.14. The van der Waals surface area contributed by atoms with Crippen molar-refractivity contribution in [3.8, 4) is 11.3 Å². The normalized spacial score (nSPS) is 12.2. The van der Waals surface area contributed by atoms with Crippen molar-refractivity contribution >= 4 is 40.4 Å². The Morgan fingerprint density at radius 1 is 1.41 bits per heavy atom. The van der Waals surface area contributed by atoms with Crippen molar-refractivity contribution in [1.82, 2.24) is 15.1 Å². The molecule has 3 N–H and O–H groups in total. The first-order valence-corrected chi connectivity index (χ1v) is 9.69. The summed E-state index contributed by atoms with van der Waals surface area (Å²) in [5.41, 5.74) is 7.66. The fraction of sp³-hybridized carbons (Fsp3) is 0.222. The summed E-state index contributed by atoms with van der Waals surface area (Å²) in [5, 5.41) is 7.60. The van der Waals surface area contributed by atoms with Gasteiger partial charge in [0.15, 0.2) is 0 Å². The molecule has 0 spiro atoms. The number of carbonyl (C=O) groups is 1. The average molecular weight is 427 g/mol. The van der Waals surface area contributed by atoms with E-state index in [1.807, 2.05) is 0 Å². The van der Waals surface area contributed by atoms with Crippen LogP contribution in [0.2, 0.25) is 9.36 Å². The van der Waals surface area contributed by atoms with Crippen LogP contribution in [0.4, 0.5) is 4.39 Å². The summed E-state index contributed by atoms with van der Waals surface area (Å²) in [6.45, 7) is 0.223. The second kappa shape index (κ2) is 8.39. The number of halogens is 3. The molecular formula is C18H17Cl2FN4OS. The highest BCUT2D eigenvalue weighted by molar-refractivity contribution is 7.18. The molecule has 0 unspecified atom stereocenters. The van der Waals surface area contributed by atoms with Crippen molar-refractivity contribution in [2.45, 2.75) is 12.5 Å². The van der Waals surface area contributed by atoms with Crippen LogP contribution in [0.25, 0.3) is 11.3 Å². The number of thiophene rings is 1. The maximum absolute atomic E-state index is 13.3. The van der Waals surface area contributed by atoms with Gasteiger partial charge < -0.3 is 11.1 Å². The van der Waals surface area contributed by atoms with Crippen LogP contribution >= 0.6 is 34.5 Å². The number of aromatic nitrogens is 2. The molecular weight excluding hydrogens is 410 g/mol. The standard InChI is InChI=1S/C18H17Cl2FN4OS/c1-25-9-14(19)16(24-25)13-7-15(27-17(13)20)18(26)23-12(8-22)6-10-3-2-4-11(21)5-10/h2-5,7,9,12H,6,8,22H2,1H3,(H,23,26)/t12-/m0/s1. The average Bonchev–Trinajstić information content (AvgIpc) is 3.15. The molecule has 3 rings (SSSR count). The Morgan fingerprint density at radius 2 is 2.19 bits per heavy atom. The summed E-state index contributed by atoms with van der Waals surface area (Å²) in [7, 11) is 1.75. The van der Waals surface area contributed by atoms with Gasteiger partial charge in [-0.3, -0.25) is 9.48 Å². The van der Waals surface area contributed by atoms with E-state index in [0.717, 1.165) is 16.9 Å². The Labute approximate surface area is 169 Å². The topological polar surface area (TPSA) is 72.9 Å². The Balaban J connectivity index is 1.75. The number of carbonyl (C=O) groups excluding carboxylic acids is 1. The van der Waals surface area contributed by atoms with Crippen molar-refractivity contribution in [2.75, 3.05) is 6.54 Å². The molecule has 0 saturated carbocycles. The van der Waals surface area contributed by atoms with Gasteiger partial charge in [-0.05, 0) is 30.2 Å². The van der Waals surface area contributed by atoms with Gasteiger partial charge in [0.2, 0.25) is 0 Å². The molecule has 0 aliphatic carbocycles. The van der Waals surface area contributed by atoms with E-state index in [2.05, 4.69) is 10.4 Å². The van der Waals surface area contributed by atoms with Crippen molar-refractivity contribution in [2.24, 2.45) is 12.8 Å². The highest BCUT2D eigenvalue weighted by atomic mass is 35.5. The van der Waals surface area contributed by atoms with Crippen LogP contribution in [0.3, 0.4) is 0 Å². The first-order chi connectivity index (χ1) is 12.9. The van der Waals surface area contributed by atoms with E-state index in [1.165, 1.54) is 12.1 Å². The molecule has 1 amide bonds. The molecule has 9 heteroatoms. The van der Waals surface area contributed by atoms with E-state index in [-0.39, 0.29) is 24.3 Å². The maximum atomic E-state index is 13.3. The number of nitrogens with one attached hydrogen (secondary N) is 1. The Kier molecular flexibility index (Phi) is 6.16. The lowest BCUT2D eigenvalue weighted by Crippen LogP contribution is -2.41. The molecule has 0 aliphatic heterocycles. The molecule has 27 heavy (non-hydrogen) atoms. The van der Waals surface area contributed by atoms with Gasteiger partial charge >= 0.3 is 0 Å². The Hall–Kier alpha value is -1.93. The molecule has 1 atom stereocenters. The van der Waals surface area contributed by atoms with Crippen LogP contribution in [0.15, 0.2) is 36.5 Å². The third-order valence-corrected chi connectivity index (χ3v) is 5.57. The Morgan fingerprint density at radius 3 is 2.81 bits per heavy atom.